The number of amidine groups is 1. The summed E-state index contributed by atoms with van der Waals surface area (Å²) in [4.78, 5) is 0.154. The van der Waals surface area contributed by atoms with Crippen molar-refractivity contribution in [2.45, 2.75) is 4.90 Å². The number of hydrogen-bond donors (Lipinski definition) is 3. The second kappa shape index (κ2) is 5.81. The van der Waals surface area contributed by atoms with Gasteiger partial charge in [-0.25, -0.2) is 8.42 Å². The lowest BCUT2D eigenvalue weighted by atomic mass is 10.3. The van der Waals surface area contributed by atoms with Gasteiger partial charge in [0, 0.05) is 10.7 Å². The molecule has 0 bridgehead atoms. The Hall–Kier alpha value is -1.92. The molecule has 0 atom stereocenters. The van der Waals surface area contributed by atoms with E-state index in [2.05, 4.69) is 26.5 Å². The summed E-state index contributed by atoms with van der Waals surface area (Å²) in [6, 6.07) is 5.95. The first kappa shape index (κ1) is 15.1. The molecule has 0 aromatic heterocycles. The van der Waals surface area contributed by atoms with Gasteiger partial charge in [-0.3, -0.25) is 10.8 Å². The average molecular weight is 344 g/mol. The van der Waals surface area contributed by atoms with Crippen LogP contribution in [0.4, 0.5) is 5.69 Å². The van der Waals surface area contributed by atoms with Crippen molar-refractivity contribution in [3.8, 4) is 6.07 Å². The number of rotatable bonds is 4. The molecule has 7 nitrogen and oxygen atoms in total. The second-order valence-electron chi connectivity index (χ2n) is 3.51. The highest BCUT2D eigenvalue weighted by Crippen LogP contribution is 2.25. The third-order valence-corrected chi connectivity index (χ3v) is 3.78. The summed E-state index contributed by atoms with van der Waals surface area (Å²) in [6.45, 7) is 0. The lowest BCUT2D eigenvalue weighted by Gasteiger charge is -2.06. The molecule has 100 valence electrons. The predicted octanol–water partition coefficient (Wildman–Crippen LogP) is 1.08. The normalized spacial score (nSPS) is 11.7. The molecular weight excluding hydrogens is 334 g/mol. The molecule has 0 saturated heterocycles. The minimum atomic E-state index is -3.29. The molecule has 0 unspecified atom stereocenters. The van der Waals surface area contributed by atoms with Crippen LogP contribution in [0.2, 0.25) is 0 Å². The summed E-state index contributed by atoms with van der Waals surface area (Å²) < 4.78 is 23.1. The molecule has 0 aliphatic rings. The molecule has 1 aromatic rings. The fourth-order valence-electron chi connectivity index (χ4n) is 1.08. The van der Waals surface area contributed by atoms with Crippen molar-refractivity contribution in [2.75, 3.05) is 11.7 Å². The quantitative estimate of drug-likeness (QED) is 0.427. The number of anilines is 1. The maximum atomic E-state index is 11.3. The van der Waals surface area contributed by atoms with Crippen molar-refractivity contribution in [3.63, 3.8) is 0 Å². The highest BCUT2D eigenvalue weighted by Gasteiger charge is 2.10. The monoisotopic (exact) mass is 343 g/mol. The van der Waals surface area contributed by atoms with Crippen molar-refractivity contribution < 1.29 is 8.42 Å². The van der Waals surface area contributed by atoms with Crippen LogP contribution in [0.5, 0.6) is 0 Å². The molecule has 0 fully saturated rings. The maximum Gasteiger partial charge on any atom is 0.201 e. The number of sulfone groups is 1. The molecule has 0 radical (unpaired) electrons. The summed E-state index contributed by atoms with van der Waals surface area (Å²) >= 11 is 3.18. The number of benzene rings is 1. The van der Waals surface area contributed by atoms with Gasteiger partial charge in [-0.05, 0) is 34.1 Å². The third kappa shape index (κ3) is 4.04. The number of nitrogens with zero attached hydrogens (tertiary/aromatic N) is 2. The highest BCUT2D eigenvalue weighted by molar-refractivity contribution is 9.10. The van der Waals surface area contributed by atoms with Crippen LogP contribution in [0.15, 0.2) is 32.7 Å². The zero-order chi connectivity index (χ0) is 14.6. The Bertz CT molecular complexity index is 690. The van der Waals surface area contributed by atoms with E-state index in [-0.39, 0.29) is 10.6 Å². The van der Waals surface area contributed by atoms with Crippen LogP contribution in [-0.4, -0.2) is 26.2 Å². The SMILES string of the molecule is CS(=O)(=O)c1ccc(N/N=C(\C#N)C(=N)N)c(Br)c1. The fraction of sp³-hybridized carbons (Fsp3) is 0.100. The van der Waals surface area contributed by atoms with Crippen LogP contribution in [0.1, 0.15) is 0 Å². The Balaban J connectivity index is 3.06. The van der Waals surface area contributed by atoms with Gasteiger partial charge in [0.2, 0.25) is 5.71 Å². The minimum Gasteiger partial charge on any atom is -0.382 e. The van der Waals surface area contributed by atoms with Crippen LogP contribution < -0.4 is 11.2 Å². The first-order valence-corrected chi connectivity index (χ1v) is 7.52. The number of hydrazone groups is 1. The van der Waals surface area contributed by atoms with E-state index in [1.165, 1.54) is 18.2 Å². The zero-order valence-corrected chi connectivity index (χ0v) is 12.2. The third-order valence-electron chi connectivity index (χ3n) is 2.02. The highest BCUT2D eigenvalue weighted by atomic mass is 79.9. The second-order valence-corrected chi connectivity index (χ2v) is 6.38. The van der Waals surface area contributed by atoms with E-state index in [4.69, 9.17) is 16.4 Å². The summed E-state index contributed by atoms with van der Waals surface area (Å²) in [5.41, 5.74) is 7.84. The van der Waals surface area contributed by atoms with E-state index in [0.29, 0.717) is 10.2 Å². The van der Waals surface area contributed by atoms with Crippen LogP contribution in [-0.2, 0) is 9.84 Å². The molecule has 1 aromatic carbocycles. The van der Waals surface area contributed by atoms with E-state index < -0.39 is 15.7 Å². The molecule has 1 rings (SSSR count). The van der Waals surface area contributed by atoms with Crippen molar-refractivity contribution >= 4 is 43.0 Å². The van der Waals surface area contributed by atoms with Gasteiger partial charge in [0.25, 0.3) is 0 Å². The predicted molar refractivity (Wildman–Crippen MR) is 75.8 cm³/mol. The standard InChI is InChI=1S/C10H10BrN5O2S/c1-19(17,18)6-2-3-8(7(11)4-6)15-16-9(5-12)10(13)14/h2-4,15H,1H3,(H3,13,14)/b16-9+. The van der Waals surface area contributed by atoms with Gasteiger partial charge in [-0.15, -0.1) is 0 Å². The summed E-state index contributed by atoms with van der Waals surface area (Å²) in [6.07, 6.45) is 1.10. The van der Waals surface area contributed by atoms with Crippen molar-refractivity contribution in [3.05, 3.63) is 22.7 Å². The van der Waals surface area contributed by atoms with Gasteiger partial charge in [0.15, 0.2) is 15.7 Å². The van der Waals surface area contributed by atoms with Gasteiger partial charge >= 0.3 is 0 Å². The Kier molecular flexibility index (Phi) is 4.63. The Morgan fingerprint density at radius 1 is 1.58 bits per heavy atom. The number of nitrogens with two attached hydrogens (primary N) is 1. The van der Waals surface area contributed by atoms with Crippen molar-refractivity contribution in [1.82, 2.24) is 0 Å². The van der Waals surface area contributed by atoms with Gasteiger partial charge in [-0.2, -0.15) is 10.4 Å². The summed E-state index contributed by atoms with van der Waals surface area (Å²) in [7, 11) is -3.29. The molecule has 4 N–H and O–H groups in total. The van der Waals surface area contributed by atoms with Crippen molar-refractivity contribution in [1.29, 1.82) is 10.7 Å². The molecule has 0 amide bonds. The van der Waals surface area contributed by atoms with E-state index in [1.807, 2.05) is 0 Å². The van der Waals surface area contributed by atoms with Crippen LogP contribution in [0.25, 0.3) is 0 Å². The van der Waals surface area contributed by atoms with Crippen LogP contribution >= 0.6 is 15.9 Å². The number of halogens is 1. The van der Waals surface area contributed by atoms with E-state index in [1.54, 1.807) is 6.07 Å². The van der Waals surface area contributed by atoms with E-state index in [0.717, 1.165) is 6.26 Å². The van der Waals surface area contributed by atoms with Crippen molar-refractivity contribution in [2.24, 2.45) is 10.8 Å². The molecule has 0 saturated carbocycles. The number of nitrogens with one attached hydrogen (secondary N) is 2. The molecule has 0 spiro atoms. The van der Waals surface area contributed by atoms with Gasteiger partial charge < -0.3 is 5.73 Å². The first-order chi connectivity index (χ1) is 8.75. The number of nitriles is 1. The van der Waals surface area contributed by atoms with Gasteiger partial charge in [0.1, 0.15) is 6.07 Å². The molecule has 9 heteroatoms. The topological polar surface area (TPSA) is 132 Å². The Morgan fingerprint density at radius 2 is 2.21 bits per heavy atom. The molecule has 0 aliphatic heterocycles. The lowest BCUT2D eigenvalue weighted by molar-refractivity contribution is 0.602. The lowest BCUT2D eigenvalue weighted by Crippen LogP contribution is -2.21. The molecule has 19 heavy (non-hydrogen) atoms. The Morgan fingerprint density at radius 3 is 2.63 bits per heavy atom. The molecule has 0 heterocycles. The average Bonchev–Trinajstić information content (AvgIpc) is 2.29. The van der Waals surface area contributed by atoms with Gasteiger partial charge in [0.05, 0.1) is 10.6 Å². The van der Waals surface area contributed by atoms with Crippen LogP contribution in [0, 0.1) is 16.7 Å². The summed E-state index contributed by atoms with van der Waals surface area (Å²) in [5.74, 6) is -0.459. The minimum absolute atomic E-state index is 0.154. The van der Waals surface area contributed by atoms with E-state index >= 15 is 0 Å². The molecule has 0 aliphatic carbocycles. The Labute approximate surface area is 118 Å². The summed E-state index contributed by atoms with van der Waals surface area (Å²) in [5, 5.41) is 19.4. The first-order valence-electron chi connectivity index (χ1n) is 4.83. The smallest absolute Gasteiger partial charge is 0.201 e. The van der Waals surface area contributed by atoms with Gasteiger partial charge in [-0.1, -0.05) is 0 Å². The van der Waals surface area contributed by atoms with Crippen LogP contribution in [0.3, 0.4) is 0 Å². The largest absolute Gasteiger partial charge is 0.382 e. The maximum absolute atomic E-state index is 11.3. The fourth-order valence-corrected chi connectivity index (χ4v) is 2.34. The zero-order valence-electron chi connectivity index (χ0n) is 9.81. The number of hydrogen-bond acceptors (Lipinski definition) is 6. The van der Waals surface area contributed by atoms with E-state index in [9.17, 15) is 8.42 Å². The molecular formula is C10H10BrN5O2S.